The Kier molecular flexibility index (Phi) is 8.05. The molecule has 0 atom stereocenters. The van der Waals surface area contributed by atoms with Crippen molar-refractivity contribution in [2.45, 2.75) is 26.6 Å². The van der Waals surface area contributed by atoms with Crippen LogP contribution in [0, 0.1) is 13.8 Å². The fourth-order valence-electron chi connectivity index (χ4n) is 4.82. The van der Waals surface area contributed by atoms with Crippen LogP contribution in [0.15, 0.2) is 91.0 Å². The number of hydrogen-bond donors (Lipinski definition) is 0. The number of benzene rings is 4. The summed E-state index contributed by atoms with van der Waals surface area (Å²) >= 11 is 18.6. The van der Waals surface area contributed by atoms with Crippen molar-refractivity contribution >= 4 is 45.8 Å². The van der Waals surface area contributed by atoms with Gasteiger partial charge in [0.25, 0.3) is 0 Å². The van der Waals surface area contributed by atoms with E-state index >= 15 is 0 Å². The number of ether oxygens (including phenoxy) is 1. The molecule has 0 spiro atoms. The van der Waals surface area contributed by atoms with E-state index in [2.05, 4.69) is 5.10 Å². The maximum absolute atomic E-state index is 14.8. The summed E-state index contributed by atoms with van der Waals surface area (Å²) in [6.45, 7) is 3.95. The predicted molar refractivity (Wildman–Crippen MR) is 170 cm³/mol. The normalized spacial score (nSPS) is 11.7. The lowest BCUT2D eigenvalue weighted by atomic mass is 10.0. The third kappa shape index (κ3) is 6.00. The summed E-state index contributed by atoms with van der Waals surface area (Å²) in [5.41, 5.74) is 3.58. The highest BCUT2D eigenvalue weighted by atomic mass is 35.5. The van der Waals surface area contributed by atoms with Crippen LogP contribution in [0.3, 0.4) is 0 Å². The fourth-order valence-corrected chi connectivity index (χ4v) is 5.45. The summed E-state index contributed by atoms with van der Waals surface area (Å²) in [6.07, 6.45) is -4.69. The number of alkyl halides is 3. The standard InChI is InChI=1S/C34H23Cl3F3N3O/c1-19-3-6-22(7-4-19)32-31-27(34(38,39)40)17-30(41-33(31)43(42-32)25-12-5-20(2)28(36)16-25)21-9-13-26(14-10-21)44-18-23-8-11-24(35)15-29(23)37/h3-17H,18H2,1-2H3. The molecule has 4 aromatic carbocycles. The molecule has 44 heavy (non-hydrogen) atoms. The van der Waals surface area contributed by atoms with Gasteiger partial charge in [0.05, 0.1) is 22.3 Å². The van der Waals surface area contributed by atoms with Gasteiger partial charge in [0.2, 0.25) is 0 Å². The van der Waals surface area contributed by atoms with Crippen LogP contribution in [0.1, 0.15) is 22.3 Å². The Morgan fingerprint density at radius 1 is 0.773 bits per heavy atom. The van der Waals surface area contributed by atoms with Gasteiger partial charge < -0.3 is 4.74 Å². The summed E-state index contributed by atoms with van der Waals surface area (Å²) in [7, 11) is 0. The second kappa shape index (κ2) is 11.8. The Morgan fingerprint density at radius 2 is 1.48 bits per heavy atom. The molecule has 10 heteroatoms. The molecule has 0 unspecified atom stereocenters. The van der Waals surface area contributed by atoms with Crippen molar-refractivity contribution in [2.24, 2.45) is 0 Å². The molecule has 0 amide bonds. The second-order valence-electron chi connectivity index (χ2n) is 10.4. The molecule has 0 radical (unpaired) electrons. The minimum Gasteiger partial charge on any atom is -0.489 e. The van der Waals surface area contributed by atoms with Gasteiger partial charge in [0.15, 0.2) is 5.65 Å². The van der Waals surface area contributed by atoms with E-state index < -0.39 is 11.7 Å². The molecule has 0 aliphatic heterocycles. The average molecular weight is 653 g/mol. The SMILES string of the molecule is Cc1ccc(-c2nn(-c3ccc(C)c(Cl)c3)c3nc(-c4ccc(OCc5ccc(Cl)cc5Cl)cc4)cc(C(F)(F)F)c23)cc1. The van der Waals surface area contributed by atoms with E-state index in [9.17, 15) is 13.2 Å². The number of aromatic nitrogens is 3. The minimum absolute atomic E-state index is 0.0584. The van der Waals surface area contributed by atoms with Crippen molar-refractivity contribution in [3.8, 4) is 34.0 Å². The van der Waals surface area contributed by atoms with Gasteiger partial charge >= 0.3 is 6.18 Å². The van der Waals surface area contributed by atoms with E-state index in [0.717, 1.165) is 22.8 Å². The number of pyridine rings is 1. The lowest BCUT2D eigenvalue weighted by Crippen LogP contribution is -2.08. The Labute approximate surface area is 266 Å². The lowest BCUT2D eigenvalue weighted by molar-refractivity contribution is -0.136. The van der Waals surface area contributed by atoms with Crippen LogP contribution >= 0.6 is 34.8 Å². The van der Waals surface area contributed by atoms with E-state index in [1.807, 2.05) is 26.0 Å². The number of aryl methyl sites for hydroxylation is 2. The first kappa shape index (κ1) is 30.0. The Hall–Kier alpha value is -4.04. The van der Waals surface area contributed by atoms with Crippen LogP contribution in [0.25, 0.3) is 39.2 Å². The Bertz CT molecular complexity index is 2000. The Balaban J connectivity index is 1.47. The minimum atomic E-state index is -4.69. The van der Waals surface area contributed by atoms with Crippen LogP contribution in [-0.4, -0.2) is 14.8 Å². The van der Waals surface area contributed by atoms with Gasteiger partial charge in [-0.2, -0.15) is 18.3 Å². The Morgan fingerprint density at radius 3 is 2.14 bits per heavy atom. The van der Waals surface area contributed by atoms with Gasteiger partial charge in [0, 0.05) is 31.8 Å². The molecule has 0 aliphatic carbocycles. The predicted octanol–water partition coefficient (Wildman–Crippen LogP) is 10.9. The molecule has 2 aromatic heterocycles. The van der Waals surface area contributed by atoms with Gasteiger partial charge in [-0.05, 0) is 74.0 Å². The molecular weight excluding hydrogens is 630 g/mol. The number of hydrogen-bond acceptors (Lipinski definition) is 3. The lowest BCUT2D eigenvalue weighted by Gasteiger charge is -2.13. The summed E-state index contributed by atoms with van der Waals surface area (Å²) in [4.78, 5) is 4.74. The zero-order valence-electron chi connectivity index (χ0n) is 23.4. The number of halogens is 6. The zero-order chi connectivity index (χ0) is 31.2. The van der Waals surface area contributed by atoms with E-state index in [-0.39, 0.29) is 29.0 Å². The average Bonchev–Trinajstić information content (AvgIpc) is 3.37. The maximum Gasteiger partial charge on any atom is 0.417 e. The molecule has 0 fully saturated rings. The molecule has 6 aromatic rings. The molecule has 2 heterocycles. The molecule has 0 saturated carbocycles. The molecule has 0 saturated heterocycles. The quantitative estimate of drug-likeness (QED) is 0.180. The smallest absolute Gasteiger partial charge is 0.417 e. The molecule has 0 bridgehead atoms. The summed E-state index contributed by atoms with van der Waals surface area (Å²) in [5.74, 6) is 0.512. The second-order valence-corrected chi connectivity index (χ2v) is 11.6. The molecule has 0 aliphatic rings. The van der Waals surface area contributed by atoms with Crippen molar-refractivity contribution in [1.29, 1.82) is 0 Å². The van der Waals surface area contributed by atoms with Crippen molar-refractivity contribution < 1.29 is 17.9 Å². The van der Waals surface area contributed by atoms with Crippen LogP contribution in [0.5, 0.6) is 5.75 Å². The molecule has 0 N–H and O–H groups in total. The van der Waals surface area contributed by atoms with E-state index in [1.54, 1.807) is 72.8 Å². The first-order valence-electron chi connectivity index (χ1n) is 13.5. The van der Waals surface area contributed by atoms with Gasteiger partial charge in [0.1, 0.15) is 18.1 Å². The highest BCUT2D eigenvalue weighted by Gasteiger charge is 2.36. The summed E-state index contributed by atoms with van der Waals surface area (Å²) < 4.78 is 51.6. The summed E-state index contributed by atoms with van der Waals surface area (Å²) in [5, 5.41) is 6.04. The number of rotatable bonds is 6. The van der Waals surface area contributed by atoms with Crippen molar-refractivity contribution in [3.05, 3.63) is 128 Å². The monoisotopic (exact) mass is 651 g/mol. The first-order valence-corrected chi connectivity index (χ1v) is 14.6. The highest BCUT2D eigenvalue weighted by molar-refractivity contribution is 6.35. The molecule has 222 valence electrons. The van der Waals surface area contributed by atoms with Crippen LogP contribution in [-0.2, 0) is 12.8 Å². The fraction of sp³-hybridized carbons (Fsp3) is 0.118. The first-order chi connectivity index (χ1) is 21.0. The van der Waals surface area contributed by atoms with Crippen LogP contribution < -0.4 is 4.74 Å². The van der Waals surface area contributed by atoms with Gasteiger partial charge in [-0.3, -0.25) is 0 Å². The highest BCUT2D eigenvalue weighted by Crippen LogP contribution is 2.42. The van der Waals surface area contributed by atoms with Crippen molar-refractivity contribution in [2.75, 3.05) is 0 Å². The van der Waals surface area contributed by atoms with Crippen molar-refractivity contribution in [1.82, 2.24) is 14.8 Å². The van der Waals surface area contributed by atoms with Gasteiger partial charge in [-0.1, -0.05) is 76.8 Å². The molecule has 4 nitrogen and oxygen atoms in total. The van der Waals surface area contributed by atoms with Crippen LogP contribution in [0.2, 0.25) is 15.1 Å². The number of fused-ring (bicyclic) bond motifs is 1. The van der Waals surface area contributed by atoms with E-state index in [4.69, 9.17) is 44.5 Å². The summed E-state index contributed by atoms with van der Waals surface area (Å²) in [6, 6.07) is 25.3. The third-order valence-corrected chi connectivity index (χ3v) is 8.22. The van der Waals surface area contributed by atoms with Crippen molar-refractivity contribution in [3.63, 3.8) is 0 Å². The third-order valence-electron chi connectivity index (χ3n) is 7.23. The van der Waals surface area contributed by atoms with Crippen LogP contribution in [0.4, 0.5) is 13.2 Å². The van der Waals surface area contributed by atoms with E-state index in [1.165, 1.54) is 4.68 Å². The van der Waals surface area contributed by atoms with E-state index in [0.29, 0.717) is 37.6 Å². The van der Waals surface area contributed by atoms with Gasteiger partial charge in [-0.15, -0.1) is 0 Å². The molecule has 6 rings (SSSR count). The van der Waals surface area contributed by atoms with Gasteiger partial charge in [-0.25, -0.2) is 9.67 Å². The maximum atomic E-state index is 14.8. The topological polar surface area (TPSA) is 39.9 Å². The largest absolute Gasteiger partial charge is 0.489 e. The number of nitrogens with zero attached hydrogens (tertiary/aromatic N) is 3. The molecular formula is C34H23Cl3F3N3O. The zero-order valence-corrected chi connectivity index (χ0v) is 25.7.